The fourth-order valence-corrected chi connectivity index (χ4v) is 0.871. The van der Waals surface area contributed by atoms with Crippen molar-refractivity contribution in [3.63, 3.8) is 0 Å². The van der Waals surface area contributed by atoms with Crippen molar-refractivity contribution < 1.29 is 51.4 Å². The molecule has 29 heavy (non-hydrogen) atoms. The predicted octanol–water partition coefficient (Wildman–Crippen LogP) is 0.747. The Bertz CT molecular complexity index is 565. The molecule has 0 aromatic carbocycles. The van der Waals surface area contributed by atoms with E-state index in [9.17, 15) is 18.0 Å². The van der Waals surface area contributed by atoms with E-state index in [0.717, 1.165) is 6.26 Å². The Labute approximate surface area is 182 Å². The van der Waals surface area contributed by atoms with Crippen molar-refractivity contribution in [2.45, 2.75) is 45.9 Å². The van der Waals surface area contributed by atoms with Crippen molar-refractivity contribution in [3.8, 4) is 18.2 Å². The summed E-state index contributed by atoms with van der Waals surface area (Å²) in [5.74, 6) is 0.0125. The van der Waals surface area contributed by atoms with Crippen LogP contribution in [-0.2, 0) is 14.3 Å². The Hall–Kier alpha value is -2.56. The number of aliphatic hydroxyl groups is 1. The van der Waals surface area contributed by atoms with Gasteiger partial charge in [0.25, 0.3) is 0 Å². The molecular weight excluding hydrogens is 386 g/mol. The number of carbonyl (C=O) groups excluding carboxylic acids is 1. The van der Waals surface area contributed by atoms with Gasteiger partial charge in [-0.2, -0.15) is 23.7 Å². The van der Waals surface area contributed by atoms with Crippen molar-refractivity contribution in [1.29, 1.82) is 15.8 Å². The van der Waals surface area contributed by atoms with Gasteiger partial charge in [-0.05, 0) is 26.8 Å². The van der Waals surface area contributed by atoms with Crippen molar-refractivity contribution in [2.24, 2.45) is 0 Å². The summed E-state index contributed by atoms with van der Waals surface area (Å²) >= 11 is 0. The summed E-state index contributed by atoms with van der Waals surface area (Å²) in [4.78, 5) is 10.2. The second kappa shape index (κ2) is 25.4. The Morgan fingerprint density at radius 2 is 1.52 bits per heavy atom. The van der Waals surface area contributed by atoms with Gasteiger partial charge in [0.2, 0.25) is 0 Å². The van der Waals surface area contributed by atoms with Crippen LogP contribution in [0, 0.1) is 40.9 Å². The first kappa shape index (κ1) is 37.2. The van der Waals surface area contributed by atoms with Gasteiger partial charge in [0.1, 0.15) is 0 Å². The normalized spacial score (nSPS) is 11.1. The predicted molar refractivity (Wildman–Crippen MR) is 95.7 cm³/mol. The van der Waals surface area contributed by atoms with Gasteiger partial charge in [-0.15, -0.1) is 6.07 Å². The maximum atomic E-state index is 12.2. The second-order valence-electron chi connectivity index (χ2n) is 4.27. The molecule has 11 heteroatoms. The van der Waals surface area contributed by atoms with Gasteiger partial charge in [0.15, 0.2) is 11.4 Å². The van der Waals surface area contributed by atoms with E-state index < -0.39 is 18.2 Å². The molecule has 1 unspecified atom stereocenters. The van der Waals surface area contributed by atoms with Gasteiger partial charge in [-0.3, -0.25) is 4.79 Å². The molecule has 0 aliphatic rings. The SMILES string of the molecule is CC#N.CCO/C=C/C(C)=O.CCO/C=C/C(O)(CC#N)C(F)(F)F.[CH2-]C#N.[Li+]. The summed E-state index contributed by atoms with van der Waals surface area (Å²) in [7, 11) is 0. The van der Waals surface area contributed by atoms with E-state index in [2.05, 4.69) is 11.7 Å². The first-order valence-corrected chi connectivity index (χ1v) is 7.68. The number of alkyl halides is 3. The minimum absolute atomic E-state index is 0. The molecule has 0 spiro atoms. The van der Waals surface area contributed by atoms with Crippen molar-refractivity contribution in [2.75, 3.05) is 13.2 Å². The molecule has 1 N–H and O–H groups in total. The van der Waals surface area contributed by atoms with Crippen molar-refractivity contribution in [3.05, 3.63) is 31.6 Å². The third kappa shape index (κ3) is 30.4. The first-order chi connectivity index (χ1) is 13.0. The fraction of sp³-hybridized carbons (Fsp3) is 0.500. The molecule has 0 aromatic heterocycles. The molecule has 158 valence electrons. The number of ketones is 1. The Morgan fingerprint density at radius 3 is 1.79 bits per heavy atom. The Morgan fingerprint density at radius 1 is 1.14 bits per heavy atom. The number of carbonyl (C=O) groups is 1. The number of nitrogens with zero attached hydrogens (tertiary/aromatic N) is 3. The van der Waals surface area contributed by atoms with Crippen molar-refractivity contribution in [1.82, 2.24) is 0 Å². The molecular formula is C18H25F3LiN3O4. The minimum atomic E-state index is -4.88. The van der Waals surface area contributed by atoms with Crippen LogP contribution >= 0.6 is 0 Å². The molecule has 0 bridgehead atoms. The molecule has 0 radical (unpaired) electrons. The molecule has 1 atom stereocenters. The molecule has 0 aliphatic carbocycles. The summed E-state index contributed by atoms with van der Waals surface area (Å²) in [6.45, 7) is 9.96. The zero-order chi connectivity index (χ0) is 23.1. The van der Waals surface area contributed by atoms with E-state index in [4.69, 9.17) is 25.6 Å². The summed E-state index contributed by atoms with van der Waals surface area (Å²) in [6, 6.07) is 4.51. The molecule has 0 saturated heterocycles. The van der Waals surface area contributed by atoms with Gasteiger partial charge < -0.3 is 21.5 Å². The van der Waals surface area contributed by atoms with Crippen molar-refractivity contribution >= 4 is 5.78 Å². The molecule has 0 heterocycles. The zero-order valence-corrected chi connectivity index (χ0v) is 17.3. The number of allylic oxidation sites excluding steroid dienone is 1. The van der Waals surface area contributed by atoms with Crippen LogP contribution in [-0.4, -0.2) is 35.9 Å². The van der Waals surface area contributed by atoms with E-state index in [0.29, 0.717) is 12.7 Å². The average molecular weight is 411 g/mol. The van der Waals surface area contributed by atoms with Gasteiger partial charge in [0.05, 0.1) is 44.3 Å². The third-order valence-corrected chi connectivity index (χ3v) is 2.01. The average Bonchev–Trinajstić information content (AvgIpc) is 2.56. The van der Waals surface area contributed by atoms with E-state index in [1.54, 1.807) is 13.0 Å². The summed E-state index contributed by atoms with van der Waals surface area (Å²) in [6.07, 6.45) is -1.97. The van der Waals surface area contributed by atoms with Crippen LogP contribution in [0.4, 0.5) is 13.2 Å². The van der Waals surface area contributed by atoms with Gasteiger partial charge >= 0.3 is 25.0 Å². The smallest absolute Gasteiger partial charge is 0.502 e. The van der Waals surface area contributed by atoms with E-state index in [1.165, 1.54) is 38.3 Å². The molecule has 0 saturated carbocycles. The van der Waals surface area contributed by atoms with Crippen LogP contribution in [0.15, 0.2) is 24.7 Å². The van der Waals surface area contributed by atoms with E-state index in [1.807, 2.05) is 6.92 Å². The van der Waals surface area contributed by atoms with Crippen LogP contribution in [0.3, 0.4) is 0 Å². The van der Waals surface area contributed by atoms with Crippen LogP contribution in [0.25, 0.3) is 0 Å². The summed E-state index contributed by atoms with van der Waals surface area (Å²) in [5.41, 5.74) is -3.13. The van der Waals surface area contributed by atoms with Gasteiger partial charge in [0, 0.05) is 13.0 Å². The van der Waals surface area contributed by atoms with Crippen LogP contribution < -0.4 is 18.9 Å². The summed E-state index contributed by atoms with van der Waals surface area (Å²) in [5, 5.41) is 31.7. The first-order valence-electron chi connectivity index (χ1n) is 7.68. The number of halogens is 3. The third-order valence-electron chi connectivity index (χ3n) is 2.01. The fourth-order valence-electron chi connectivity index (χ4n) is 0.871. The van der Waals surface area contributed by atoms with Crippen LogP contribution in [0.5, 0.6) is 0 Å². The number of ether oxygens (including phenoxy) is 2. The standard InChI is InChI=1S/C8H10F3NO2.C6H10O2.C2H3N.C2H2N.Li/c1-2-14-6-4-7(13,3-5-12)8(9,10)11;1-3-8-5-4-6(2)7;2*1-2-3;/h4,6,13H,2-3H2,1H3;4-5H,3H2,1-2H3;1H3;1H2;/q;;;-1;+1/b6-4+;5-4+;;;. The zero-order valence-electron chi connectivity index (χ0n) is 17.3. The minimum Gasteiger partial charge on any atom is -0.502 e. The largest absolute Gasteiger partial charge is 1.00 e. The Balaban J connectivity index is -0.000000108. The van der Waals surface area contributed by atoms with Gasteiger partial charge in [-0.25, -0.2) is 5.26 Å². The summed E-state index contributed by atoms with van der Waals surface area (Å²) < 4.78 is 45.9. The number of rotatable bonds is 7. The van der Waals surface area contributed by atoms with Crippen LogP contribution in [0.2, 0.25) is 0 Å². The molecule has 0 aromatic rings. The van der Waals surface area contributed by atoms with E-state index in [-0.39, 0.29) is 31.3 Å². The number of hydrogen-bond donors (Lipinski definition) is 1. The monoisotopic (exact) mass is 411 g/mol. The topological polar surface area (TPSA) is 127 Å². The molecule has 0 rings (SSSR count). The Kier molecular flexibility index (Phi) is 32.7. The van der Waals surface area contributed by atoms with Gasteiger partial charge in [-0.1, -0.05) is 0 Å². The number of nitriles is 3. The second-order valence-corrected chi connectivity index (χ2v) is 4.27. The maximum absolute atomic E-state index is 12.2. The number of hydrogen-bond acceptors (Lipinski definition) is 7. The maximum Gasteiger partial charge on any atom is 1.00 e. The van der Waals surface area contributed by atoms with E-state index >= 15 is 0 Å². The molecule has 0 fully saturated rings. The quantitative estimate of drug-likeness (QED) is 0.283. The molecule has 7 nitrogen and oxygen atoms in total. The van der Waals surface area contributed by atoms with Crippen LogP contribution in [0.1, 0.15) is 34.1 Å². The molecule has 0 amide bonds. The molecule has 0 aliphatic heterocycles.